The number of likely N-dealkylation sites (tertiary alicyclic amines) is 1. The van der Waals surface area contributed by atoms with Crippen LogP contribution in [-0.4, -0.2) is 65.1 Å². The third kappa shape index (κ3) is 2.73. The molecule has 7 heteroatoms. The highest BCUT2D eigenvalue weighted by Crippen LogP contribution is 2.21. The number of nitrogens with zero attached hydrogens (tertiary/aromatic N) is 1. The van der Waals surface area contributed by atoms with E-state index in [1.807, 2.05) is 0 Å². The van der Waals surface area contributed by atoms with Gasteiger partial charge >= 0.3 is 12.0 Å². The van der Waals surface area contributed by atoms with Crippen LogP contribution in [0, 0.1) is 5.92 Å². The third-order valence-electron chi connectivity index (χ3n) is 3.45. The van der Waals surface area contributed by atoms with Crippen LogP contribution in [0.1, 0.15) is 13.3 Å². The number of hydrogen-bond donors (Lipinski definition) is 3. The lowest BCUT2D eigenvalue weighted by Gasteiger charge is -2.23. The van der Waals surface area contributed by atoms with E-state index in [0.29, 0.717) is 13.0 Å². The zero-order chi connectivity index (χ0) is 13.3. The minimum atomic E-state index is -0.966. The Morgan fingerprint density at radius 1 is 1.44 bits per heavy atom. The summed E-state index contributed by atoms with van der Waals surface area (Å²) in [5.74, 6) is -1.66. The van der Waals surface area contributed by atoms with Gasteiger partial charge in [0.1, 0.15) is 5.92 Å². The number of ether oxygens (including phenoxy) is 1. The number of β-amino-alcohol motifs (C(OH)–C–C–N with tert-alkyl or cyclic N) is 1. The molecule has 2 saturated heterocycles. The number of carboxylic acids is 1. The molecule has 0 aromatic carbocycles. The lowest BCUT2D eigenvalue weighted by atomic mass is 10.0. The van der Waals surface area contributed by atoms with Crippen molar-refractivity contribution in [3.05, 3.63) is 0 Å². The van der Waals surface area contributed by atoms with Crippen molar-refractivity contribution >= 4 is 12.0 Å². The lowest BCUT2D eigenvalue weighted by Crippen LogP contribution is -2.49. The summed E-state index contributed by atoms with van der Waals surface area (Å²) in [6, 6.07) is -0.838. The molecule has 0 saturated carbocycles. The first-order valence-corrected chi connectivity index (χ1v) is 5.97. The van der Waals surface area contributed by atoms with Gasteiger partial charge < -0.3 is 25.2 Å². The molecular weight excluding hydrogens is 240 g/mol. The van der Waals surface area contributed by atoms with E-state index >= 15 is 0 Å². The first kappa shape index (κ1) is 13.1. The molecule has 3 atom stereocenters. The number of nitrogens with one attached hydrogen (secondary N) is 1. The highest BCUT2D eigenvalue weighted by Gasteiger charge is 2.38. The smallest absolute Gasteiger partial charge is 0.317 e. The lowest BCUT2D eigenvalue weighted by molar-refractivity contribution is -0.142. The standard InChI is InChI=1S/C11H18N2O5/c1-11(17)2-3-13(6-11)10(16)12-8-5-18-4-7(8)9(14)15/h7-8,17H,2-6H2,1H3,(H,12,16)(H,14,15). The second-order valence-corrected chi connectivity index (χ2v) is 5.21. The Balaban J connectivity index is 1.90. The summed E-state index contributed by atoms with van der Waals surface area (Å²) in [4.78, 5) is 24.3. The zero-order valence-corrected chi connectivity index (χ0v) is 10.3. The molecule has 3 N–H and O–H groups in total. The maximum atomic E-state index is 11.9. The maximum Gasteiger partial charge on any atom is 0.317 e. The molecule has 2 heterocycles. The highest BCUT2D eigenvalue weighted by atomic mass is 16.5. The van der Waals surface area contributed by atoms with Gasteiger partial charge in [0.15, 0.2) is 0 Å². The van der Waals surface area contributed by atoms with E-state index in [9.17, 15) is 14.7 Å². The number of carboxylic acid groups (broad SMARTS) is 1. The molecule has 2 aliphatic rings. The van der Waals surface area contributed by atoms with Crippen molar-refractivity contribution < 1.29 is 24.5 Å². The Morgan fingerprint density at radius 3 is 2.72 bits per heavy atom. The molecule has 0 aromatic rings. The van der Waals surface area contributed by atoms with Gasteiger partial charge in [-0.3, -0.25) is 4.79 Å². The number of aliphatic hydroxyl groups is 1. The van der Waals surface area contributed by atoms with E-state index < -0.39 is 23.5 Å². The van der Waals surface area contributed by atoms with E-state index in [1.54, 1.807) is 6.92 Å². The van der Waals surface area contributed by atoms with Crippen LogP contribution < -0.4 is 5.32 Å². The number of urea groups is 1. The van der Waals surface area contributed by atoms with E-state index in [-0.39, 0.29) is 25.8 Å². The molecular formula is C11H18N2O5. The van der Waals surface area contributed by atoms with Gasteiger partial charge in [-0.2, -0.15) is 0 Å². The van der Waals surface area contributed by atoms with Crippen LogP contribution in [0.15, 0.2) is 0 Å². The van der Waals surface area contributed by atoms with E-state index in [1.165, 1.54) is 4.90 Å². The molecule has 0 spiro atoms. The fourth-order valence-corrected chi connectivity index (χ4v) is 2.31. The molecule has 0 bridgehead atoms. The number of carbonyl (C=O) groups excluding carboxylic acids is 1. The molecule has 2 amide bonds. The van der Waals surface area contributed by atoms with Gasteiger partial charge in [0.05, 0.1) is 31.4 Å². The molecule has 0 aliphatic carbocycles. The topological polar surface area (TPSA) is 99.1 Å². The number of aliphatic carboxylic acids is 1. The van der Waals surface area contributed by atoms with Gasteiger partial charge in [-0.25, -0.2) is 4.79 Å². The minimum Gasteiger partial charge on any atom is -0.481 e. The Morgan fingerprint density at radius 2 is 2.17 bits per heavy atom. The largest absolute Gasteiger partial charge is 0.481 e. The Kier molecular flexibility index (Phi) is 3.45. The normalized spacial score (nSPS) is 35.8. The fraction of sp³-hybridized carbons (Fsp3) is 0.818. The highest BCUT2D eigenvalue weighted by molar-refractivity contribution is 5.77. The first-order chi connectivity index (χ1) is 8.39. The molecule has 7 nitrogen and oxygen atoms in total. The van der Waals surface area contributed by atoms with Gasteiger partial charge in [0.2, 0.25) is 0 Å². The van der Waals surface area contributed by atoms with Crippen LogP contribution >= 0.6 is 0 Å². The van der Waals surface area contributed by atoms with Crippen molar-refractivity contribution in [2.24, 2.45) is 5.92 Å². The van der Waals surface area contributed by atoms with Crippen molar-refractivity contribution in [1.29, 1.82) is 0 Å². The molecule has 18 heavy (non-hydrogen) atoms. The summed E-state index contributed by atoms with van der Waals surface area (Å²) in [5.41, 5.74) is -0.851. The predicted octanol–water partition coefficient (Wildman–Crippen LogP) is -0.748. The van der Waals surface area contributed by atoms with Gasteiger partial charge in [-0.15, -0.1) is 0 Å². The average Bonchev–Trinajstić information content (AvgIpc) is 2.84. The van der Waals surface area contributed by atoms with Crippen molar-refractivity contribution in [3.63, 3.8) is 0 Å². The molecule has 0 aromatic heterocycles. The van der Waals surface area contributed by atoms with Crippen molar-refractivity contribution in [1.82, 2.24) is 10.2 Å². The summed E-state index contributed by atoms with van der Waals surface area (Å²) >= 11 is 0. The van der Waals surface area contributed by atoms with Crippen molar-refractivity contribution in [2.75, 3.05) is 26.3 Å². The molecule has 2 aliphatic heterocycles. The van der Waals surface area contributed by atoms with Crippen LogP contribution in [0.5, 0.6) is 0 Å². The fourth-order valence-electron chi connectivity index (χ4n) is 2.31. The summed E-state index contributed by atoms with van der Waals surface area (Å²) < 4.78 is 5.07. The number of rotatable bonds is 2. The molecule has 2 fully saturated rings. The Labute approximate surface area is 105 Å². The first-order valence-electron chi connectivity index (χ1n) is 5.97. The molecule has 3 unspecified atom stereocenters. The maximum absolute atomic E-state index is 11.9. The Hall–Kier alpha value is -1.34. The van der Waals surface area contributed by atoms with Gasteiger partial charge in [0.25, 0.3) is 0 Å². The van der Waals surface area contributed by atoms with Crippen LogP contribution in [0.4, 0.5) is 4.79 Å². The quantitative estimate of drug-likeness (QED) is 0.605. The molecule has 0 radical (unpaired) electrons. The van der Waals surface area contributed by atoms with Crippen LogP contribution in [0.3, 0.4) is 0 Å². The third-order valence-corrected chi connectivity index (χ3v) is 3.45. The van der Waals surface area contributed by atoms with Crippen molar-refractivity contribution in [3.8, 4) is 0 Å². The summed E-state index contributed by atoms with van der Waals surface area (Å²) in [5, 5.41) is 21.4. The van der Waals surface area contributed by atoms with Crippen LogP contribution in [-0.2, 0) is 9.53 Å². The molecule has 102 valence electrons. The molecule has 2 rings (SSSR count). The number of hydrogen-bond acceptors (Lipinski definition) is 4. The summed E-state index contributed by atoms with van der Waals surface area (Å²) in [7, 11) is 0. The van der Waals surface area contributed by atoms with E-state index in [2.05, 4.69) is 5.32 Å². The monoisotopic (exact) mass is 258 g/mol. The van der Waals surface area contributed by atoms with Gasteiger partial charge in [0, 0.05) is 6.54 Å². The number of amides is 2. The van der Waals surface area contributed by atoms with Crippen LogP contribution in [0.2, 0.25) is 0 Å². The predicted molar refractivity (Wildman–Crippen MR) is 61.1 cm³/mol. The average molecular weight is 258 g/mol. The number of carbonyl (C=O) groups is 2. The Bertz CT molecular complexity index is 357. The van der Waals surface area contributed by atoms with Crippen LogP contribution in [0.25, 0.3) is 0 Å². The van der Waals surface area contributed by atoms with E-state index in [4.69, 9.17) is 9.84 Å². The van der Waals surface area contributed by atoms with E-state index in [0.717, 1.165) is 0 Å². The zero-order valence-electron chi connectivity index (χ0n) is 10.3. The minimum absolute atomic E-state index is 0.123. The second-order valence-electron chi connectivity index (χ2n) is 5.21. The summed E-state index contributed by atoms with van der Waals surface area (Å²) in [6.07, 6.45) is 0.532. The van der Waals surface area contributed by atoms with Gasteiger partial charge in [-0.1, -0.05) is 0 Å². The van der Waals surface area contributed by atoms with Gasteiger partial charge in [-0.05, 0) is 13.3 Å². The SMILES string of the molecule is CC1(O)CCN(C(=O)NC2COCC2C(=O)O)C1. The second kappa shape index (κ2) is 4.74. The van der Waals surface area contributed by atoms with Crippen molar-refractivity contribution in [2.45, 2.75) is 25.0 Å². The summed E-state index contributed by atoms with van der Waals surface area (Å²) in [6.45, 7) is 2.76.